The summed E-state index contributed by atoms with van der Waals surface area (Å²) in [6.07, 6.45) is 3.17. The molecule has 0 N–H and O–H groups in total. The number of hydrogen-bond acceptors (Lipinski definition) is 2. The highest BCUT2D eigenvalue weighted by atomic mass is 35.5. The largest absolute Gasteiger partial charge is 0.367 e. The van der Waals surface area contributed by atoms with Crippen LogP contribution in [0.1, 0.15) is 49.9 Å². The van der Waals surface area contributed by atoms with E-state index in [1.54, 1.807) is 6.07 Å². The summed E-state index contributed by atoms with van der Waals surface area (Å²) < 4.78 is 19.8. The number of hydrogen-bond donors (Lipinski definition) is 0. The quantitative estimate of drug-likeness (QED) is 0.757. The lowest BCUT2D eigenvalue weighted by atomic mass is 9.75. The van der Waals surface area contributed by atoms with Gasteiger partial charge in [0.05, 0.1) is 5.56 Å². The Hall–Kier alpha value is -0.930. The zero-order valence-electron chi connectivity index (χ0n) is 11.9. The first-order chi connectivity index (χ1) is 9.48. The SMILES string of the molecule is CCOC1(C(=O)c2ccc(Cl)cc2F)CCC(C)CC1. The minimum Gasteiger partial charge on any atom is -0.367 e. The van der Waals surface area contributed by atoms with Gasteiger partial charge >= 0.3 is 0 Å². The Morgan fingerprint density at radius 3 is 2.65 bits per heavy atom. The molecule has 1 aliphatic carbocycles. The van der Waals surface area contributed by atoms with Crippen molar-refractivity contribution in [2.24, 2.45) is 5.92 Å². The van der Waals surface area contributed by atoms with E-state index in [-0.39, 0.29) is 11.3 Å². The molecule has 1 aliphatic rings. The molecule has 0 aromatic heterocycles. The third kappa shape index (κ3) is 3.04. The average Bonchev–Trinajstić information content (AvgIpc) is 2.41. The van der Waals surface area contributed by atoms with Crippen LogP contribution in [0.15, 0.2) is 18.2 Å². The fraction of sp³-hybridized carbons (Fsp3) is 0.562. The van der Waals surface area contributed by atoms with Gasteiger partial charge < -0.3 is 4.74 Å². The van der Waals surface area contributed by atoms with Crippen molar-refractivity contribution in [3.05, 3.63) is 34.6 Å². The molecular weight excluding hydrogens is 279 g/mol. The van der Waals surface area contributed by atoms with Crippen molar-refractivity contribution in [3.8, 4) is 0 Å². The van der Waals surface area contributed by atoms with E-state index in [0.717, 1.165) is 12.8 Å². The summed E-state index contributed by atoms with van der Waals surface area (Å²) in [5.41, 5.74) is -0.784. The second-order valence-corrected chi connectivity index (χ2v) is 6.00. The van der Waals surface area contributed by atoms with E-state index in [4.69, 9.17) is 16.3 Å². The minimum absolute atomic E-state index is 0.0809. The molecule has 1 saturated carbocycles. The van der Waals surface area contributed by atoms with E-state index in [2.05, 4.69) is 6.92 Å². The molecule has 1 fully saturated rings. The maximum atomic E-state index is 14.0. The maximum Gasteiger partial charge on any atom is 0.197 e. The second kappa shape index (κ2) is 6.23. The van der Waals surface area contributed by atoms with Gasteiger partial charge in [0.25, 0.3) is 0 Å². The van der Waals surface area contributed by atoms with E-state index < -0.39 is 11.4 Å². The highest BCUT2D eigenvalue weighted by Gasteiger charge is 2.42. The van der Waals surface area contributed by atoms with Gasteiger partial charge in [0.2, 0.25) is 0 Å². The van der Waals surface area contributed by atoms with Crippen molar-refractivity contribution in [1.29, 1.82) is 0 Å². The second-order valence-electron chi connectivity index (χ2n) is 5.56. The van der Waals surface area contributed by atoms with Gasteiger partial charge in [-0.2, -0.15) is 0 Å². The van der Waals surface area contributed by atoms with Crippen molar-refractivity contribution >= 4 is 17.4 Å². The standard InChI is InChI=1S/C16H20ClFO2/c1-3-20-16(8-6-11(2)7-9-16)15(19)13-5-4-12(17)10-14(13)18/h4-5,10-11H,3,6-9H2,1-2H3. The monoisotopic (exact) mass is 298 g/mol. The summed E-state index contributed by atoms with van der Waals surface area (Å²) in [6.45, 7) is 4.49. The Balaban J connectivity index is 2.31. The van der Waals surface area contributed by atoms with Crippen LogP contribution in [0.5, 0.6) is 0 Å². The van der Waals surface area contributed by atoms with Crippen LogP contribution < -0.4 is 0 Å². The van der Waals surface area contributed by atoms with Gasteiger partial charge in [0.15, 0.2) is 5.78 Å². The molecule has 0 radical (unpaired) electrons. The molecule has 0 heterocycles. The number of ether oxygens (including phenoxy) is 1. The molecule has 1 aromatic rings. The van der Waals surface area contributed by atoms with Crippen LogP contribution >= 0.6 is 11.6 Å². The molecule has 110 valence electrons. The van der Waals surface area contributed by atoms with Gasteiger partial charge in [0, 0.05) is 11.6 Å². The van der Waals surface area contributed by atoms with Crippen molar-refractivity contribution in [2.75, 3.05) is 6.61 Å². The van der Waals surface area contributed by atoms with Crippen LogP contribution in [-0.4, -0.2) is 18.0 Å². The lowest BCUT2D eigenvalue weighted by Crippen LogP contribution is -2.45. The molecule has 0 spiro atoms. The average molecular weight is 299 g/mol. The minimum atomic E-state index is -0.865. The Kier molecular flexibility index (Phi) is 4.82. The van der Waals surface area contributed by atoms with E-state index in [9.17, 15) is 9.18 Å². The summed E-state index contributed by atoms with van der Waals surface area (Å²) in [6, 6.07) is 4.18. The molecule has 0 amide bonds. The fourth-order valence-corrected chi connectivity index (χ4v) is 3.02. The number of benzene rings is 1. The Morgan fingerprint density at radius 2 is 2.10 bits per heavy atom. The van der Waals surface area contributed by atoms with Gasteiger partial charge in [-0.1, -0.05) is 18.5 Å². The number of halogens is 2. The molecule has 0 saturated heterocycles. The topological polar surface area (TPSA) is 26.3 Å². The number of carbonyl (C=O) groups excluding carboxylic acids is 1. The van der Waals surface area contributed by atoms with Crippen molar-refractivity contribution < 1.29 is 13.9 Å². The zero-order chi connectivity index (χ0) is 14.8. The molecule has 0 aliphatic heterocycles. The van der Waals surface area contributed by atoms with E-state index >= 15 is 0 Å². The maximum absolute atomic E-state index is 14.0. The number of carbonyl (C=O) groups is 1. The Bertz CT molecular complexity index is 493. The highest BCUT2D eigenvalue weighted by molar-refractivity contribution is 6.30. The van der Waals surface area contributed by atoms with Gasteiger partial charge in [0.1, 0.15) is 11.4 Å². The molecule has 0 atom stereocenters. The molecule has 0 bridgehead atoms. The predicted octanol–water partition coefficient (Wildman–Crippen LogP) is 4.65. The summed E-state index contributed by atoms with van der Waals surface area (Å²) in [5.74, 6) is -0.230. The summed E-state index contributed by atoms with van der Waals surface area (Å²) in [7, 11) is 0. The van der Waals surface area contributed by atoms with Crippen molar-refractivity contribution in [2.45, 2.75) is 45.1 Å². The molecule has 4 heteroatoms. The van der Waals surface area contributed by atoms with Gasteiger partial charge in [-0.15, -0.1) is 0 Å². The first-order valence-electron chi connectivity index (χ1n) is 7.12. The fourth-order valence-electron chi connectivity index (χ4n) is 2.86. The van der Waals surface area contributed by atoms with Crippen molar-refractivity contribution in [3.63, 3.8) is 0 Å². The van der Waals surface area contributed by atoms with Crippen LogP contribution in [0.4, 0.5) is 4.39 Å². The van der Waals surface area contributed by atoms with E-state index in [1.165, 1.54) is 12.1 Å². The number of rotatable bonds is 4. The summed E-state index contributed by atoms with van der Waals surface area (Å²) in [4.78, 5) is 12.7. The van der Waals surface area contributed by atoms with E-state index in [0.29, 0.717) is 30.4 Å². The Labute approximate surface area is 124 Å². The molecule has 0 unspecified atom stereocenters. The first kappa shape index (κ1) is 15.5. The molecular formula is C16H20ClFO2. The highest BCUT2D eigenvalue weighted by Crippen LogP contribution is 2.37. The Morgan fingerprint density at radius 1 is 1.45 bits per heavy atom. The smallest absolute Gasteiger partial charge is 0.197 e. The summed E-state index contributed by atoms with van der Waals surface area (Å²) in [5, 5.41) is 0.293. The lowest BCUT2D eigenvalue weighted by Gasteiger charge is -2.37. The predicted molar refractivity (Wildman–Crippen MR) is 77.7 cm³/mol. The van der Waals surface area contributed by atoms with Crippen LogP contribution in [0.3, 0.4) is 0 Å². The molecule has 2 rings (SSSR count). The van der Waals surface area contributed by atoms with E-state index in [1.807, 2.05) is 6.92 Å². The van der Waals surface area contributed by atoms with Gasteiger partial charge in [-0.25, -0.2) is 4.39 Å². The normalized spacial score (nSPS) is 26.5. The number of Topliss-reactive ketones (excluding diaryl/α,β-unsaturated/α-hetero) is 1. The lowest BCUT2D eigenvalue weighted by molar-refractivity contribution is -0.0476. The molecule has 1 aromatic carbocycles. The molecule has 20 heavy (non-hydrogen) atoms. The third-order valence-electron chi connectivity index (χ3n) is 4.09. The van der Waals surface area contributed by atoms with Crippen molar-refractivity contribution in [1.82, 2.24) is 0 Å². The van der Waals surface area contributed by atoms with Crippen LogP contribution in [0, 0.1) is 11.7 Å². The van der Waals surface area contributed by atoms with Crippen LogP contribution in [-0.2, 0) is 4.74 Å². The third-order valence-corrected chi connectivity index (χ3v) is 4.33. The number of ketones is 1. The van der Waals surface area contributed by atoms with Crippen LogP contribution in [0.25, 0.3) is 0 Å². The van der Waals surface area contributed by atoms with Gasteiger partial charge in [-0.05, 0) is 56.7 Å². The van der Waals surface area contributed by atoms with Crippen LogP contribution in [0.2, 0.25) is 5.02 Å². The summed E-state index contributed by atoms with van der Waals surface area (Å²) >= 11 is 5.74. The zero-order valence-corrected chi connectivity index (χ0v) is 12.7. The van der Waals surface area contributed by atoms with Gasteiger partial charge in [-0.3, -0.25) is 4.79 Å². The molecule has 2 nitrogen and oxygen atoms in total. The first-order valence-corrected chi connectivity index (χ1v) is 7.50.